The van der Waals surface area contributed by atoms with Crippen molar-refractivity contribution in [3.8, 4) is 5.75 Å². The molecule has 2 atom stereocenters. The van der Waals surface area contributed by atoms with Gasteiger partial charge in [-0.3, -0.25) is 15.2 Å². The molecule has 1 saturated carbocycles. The lowest BCUT2D eigenvalue weighted by Gasteiger charge is -2.39. The van der Waals surface area contributed by atoms with Crippen LogP contribution < -0.4 is 10.2 Å². The molecule has 4 rings (SSSR count). The third-order valence-corrected chi connectivity index (χ3v) is 6.13. The van der Waals surface area contributed by atoms with Crippen molar-refractivity contribution in [2.45, 2.75) is 44.2 Å². The largest absolute Gasteiger partial charge is 0.497 e. The number of hydrogen-bond donors (Lipinski definition) is 1. The fraction of sp³-hybridized carbons (Fsp3) is 0.571. The first kappa shape index (κ1) is 18.3. The van der Waals surface area contributed by atoms with Gasteiger partial charge in [-0.15, -0.1) is 0 Å². The molecule has 27 heavy (non-hydrogen) atoms. The topological polar surface area (TPSA) is 60.0 Å². The number of nitrogens with zero attached hydrogens (tertiary/aromatic N) is 1. The van der Waals surface area contributed by atoms with E-state index in [1.165, 1.54) is 25.5 Å². The molecule has 2 unspecified atom stereocenters. The first-order valence-electron chi connectivity index (χ1n) is 9.83. The van der Waals surface area contributed by atoms with Crippen molar-refractivity contribution < 1.29 is 19.1 Å². The lowest BCUT2D eigenvalue weighted by atomic mass is 9.89. The fourth-order valence-corrected chi connectivity index (χ4v) is 4.72. The van der Waals surface area contributed by atoms with E-state index in [0.717, 1.165) is 49.4 Å². The highest BCUT2D eigenvalue weighted by atomic mass is 16.7. The van der Waals surface area contributed by atoms with Gasteiger partial charge in [0.2, 0.25) is 0 Å². The molecule has 1 N–H and O–H groups in total. The summed E-state index contributed by atoms with van der Waals surface area (Å²) in [7, 11) is 3.15. The molecule has 1 saturated heterocycles. The van der Waals surface area contributed by atoms with Crippen molar-refractivity contribution in [3.63, 3.8) is 0 Å². The Morgan fingerprint density at radius 1 is 1.19 bits per heavy atom. The van der Waals surface area contributed by atoms with Crippen LogP contribution in [0.1, 0.15) is 44.1 Å². The van der Waals surface area contributed by atoms with Crippen LogP contribution in [0.3, 0.4) is 0 Å². The Labute approximate surface area is 160 Å². The summed E-state index contributed by atoms with van der Waals surface area (Å²) in [6, 6.07) is 8.04. The van der Waals surface area contributed by atoms with E-state index in [9.17, 15) is 4.79 Å². The summed E-state index contributed by atoms with van der Waals surface area (Å²) in [6.07, 6.45) is 5.68. The number of ether oxygens (including phenoxy) is 2. The molecule has 1 aromatic carbocycles. The van der Waals surface area contributed by atoms with Gasteiger partial charge in [-0.2, -0.15) is 0 Å². The Morgan fingerprint density at radius 2 is 1.93 bits per heavy atom. The van der Waals surface area contributed by atoms with E-state index < -0.39 is 5.72 Å². The molecule has 2 heterocycles. The minimum Gasteiger partial charge on any atom is -0.497 e. The Hall–Kier alpha value is -2.05. The maximum Gasteiger partial charge on any atom is 0.308 e. The second-order valence-corrected chi connectivity index (χ2v) is 7.58. The minimum absolute atomic E-state index is 0.128. The Balaban J connectivity index is 1.75. The van der Waals surface area contributed by atoms with Crippen LogP contribution >= 0.6 is 0 Å². The highest BCUT2D eigenvalue weighted by Gasteiger charge is 2.52. The number of methoxy groups -OCH3 is 2. The third-order valence-electron chi connectivity index (χ3n) is 6.13. The molecule has 0 radical (unpaired) electrons. The van der Waals surface area contributed by atoms with Crippen molar-refractivity contribution in [1.29, 1.82) is 0 Å². The monoisotopic (exact) mass is 372 g/mol. The van der Waals surface area contributed by atoms with E-state index in [2.05, 4.69) is 22.5 Å². The van der Waals surface area contributed by atoms with Gasteiger partial charge in [0.05, 0.1) is 25.8 Å². The van der Waals surface area contributed by atoms with Gasteiger partial charge < -0.3 is 9.47 Å². The lowest BCUT2D eigenvalue weighted by Crippen LogP contribution is -2.51. The molecule has 0 bridgehead atoms. The minimum atomic E-state index is -0.554. The van der Waals surface area contributed by atoms with E-state index in [0.29, 0.717) is 6.42 Å². The standard InChI is InChI=1S/C21H28N2O4/c1-25-17-10-8-15(9-11-17)19-18-7-5-6-16(20(24)26-2)14-21(18,27-22-19)23-12-3-4-13-23/h8-11,16,22H,3-7,12-14H2,1-2H3. The van der Waals surface area contributed by atoms with E-state index in [-0.39, 0.29) is 11.9 Å². The summed E-state index contributed by atoms with van der Waals surface area (Å²) in [5, 5.41) is 0. The molecule has 6 heteroatoms. The Morgan fingerprint density at radius 3 is 2.59 bits per heavy atom. The van der Waals surface area contributed by atoms with Crippen molar-refractivity contribution in [2.75, 3.05) is 27.3 Å². The molecule has 1 aliphatic carbocycles. The number of fused-ring (bicyclic) bond motifs is 1. The molecule has 6 nitrogen and oxygen atoms in total. The van der Waals surface area contributed by atoms with Gasteiger partial charge in [0.1, 0.15) is 5.75 Å². The van der Waals surface area contributed by atoms with Gasteiger partial charge in [0.15, 0.2) is 5.72 Å². The van der Waals surface area contributed by atoms with Crippen LogP contribution in [-0.2, 0) is 14.4 Å². The molecule has 2 aliphatic heterocycles. The van der Waals surface area contributed by atoms with Crippen molar-refractivity contribution >= 4 is 11.7 Å². The second-order valence-electron chi connectivity index (χ2n) is 7.58. The predicted octanol–water partition coefficient (Wildman–Crippen LogP) is 3.10. The summed E-state index contributed by atoms with van der Waals surface area (Å²) >= 11 is 0. The number of carbonyl (C=O) groups excluding carboxylic acids is 1. The van der Waals surface area contributed by atoms with Crippen LogP contribution in [0, 0.1) is 5.92 Å². The lowest BCUT2D eigenvalue weighted by molar-refractivity contribution is -0.163. The van der Waals surface area contributed by atoms with Gasteiger partial charge >= 0.3 is 5.97 Å². The Bertz CT molecular complexity index is 724. The number of carbonyl (C=O) groups is 1. The zero-order chi connectivity index (χ0) is 18.9. The molecule has 0 aromatic heterocycles. The molecule has 1 aromatic rings. The third kappa shape index (κ3) is 3.21. The number of likely N-dealkylation sites (tertiary alicyclic amines) is 1. The van der Waals surface area contributed by atoms with Gasteiger partial charge in [-0.1, -0.05) is 0 Å². The van der Waals surface area contributed by atoms with Crippen molar-refractivity contribution in [1.82, 2.24) is 10.4 Å². The van der Waals surface area contributed by atoms with Gasteiger partial charge in [-0.25, -0.2) is 4.84 Å². The fourth-order valence-electron chi connectivity index (χ4n) is 4.72. The number of hydroxylamine groups is 1. The highest BCUT2D eigenvalue weighted by Crippen LogP contribution is 2.47. The number of esters is 1. The van der Waals surface area contributed by atoms with Crippen LogP contribution in [0.5, 0.6) is 5.75 Å². The summed E-state index contributed by atoms with van der Waals surface area (Å²) in [6.45, 7) is 1.99. The Kier molecular flexibility index (Phi) is 5.10. The molecule has 146 valence electrons. The zero-order valence-corrected chi connectivity index (χ0v) is 16.1. The van der Waals surface area contributed by atoms with Crippen LogP contribution in [0.2, 0.25) is 0 Å². The average Bonchev–Trinajstić information content (AvgIpc) is 3.33. The predicted molar refractivity (Wildman–Crippen MR) is 102 cm³/mol. The van der Waals surface area contributed by atoms with Crippen LogP contribution in [0.15, 0.2) is 29.8 Å². The normalized spacial score (nSPS) is 28.4. The van der Waals surface area contributed by atoms with Crippen molar-refractivity contribution in [3.05, 3.63) is 35.4 Å². The summed E-state index contributed by atoms with van der Waals surface area (Å²) in [4.78, 5) is 21.1. The molecule has 3 aliphatic rings. The number of benzene rings is 1. The zero-order valence-electron chi connectivity index (χ0n) is 16.1. The smallest absolute Gasteiger partial charge is 0.308 e. The summed E-state index contributed by atoms with van der Waals surface area (Å²) in [5.74, 6) is 0.571. The van der Waals surface area contributed by atoms with E-state index in [1.54, 1.807) is 7.11 Å². The van der Waals surface area contributed by atoms with E-state index in [4.69, 9.17) is 14.3 Å². The maximum atomic E-state index is 12.3. The summed E-state index contributed by atoms with van der Waals surface area (Å²) in [5.41, 5.74) is 6.05. The summed E-state index contributed by atoms with van der Waals surface area (Å²) < 4.78 is 10.4. The molecule has 0 spiro atoms. The second kappa shape index (κ2) is 7.52. The number of hydrogen-bond acceptors (Lipinski definition) is 6. The molecule has 2 fully saturated rings. The van der Waals surface area contributed by atoms with Gasteiger partial charge in [0, 0.05) is 30.6 Å². The first-order valence-corrected chi connectivity index (χ1v) is 9.83. The van der Waals surface area contributed by atoms with Gasteiger partial charge in [0.25, 0.3) is 0 Å². The number of rotatable bonds is 4. The number of nitrogens with one attached hydrogen (secondary N) is 1. The first-order chi connectivity index (χ1) is 13.2. The van der Waals surface area contributed by atoms with E-state index in [1.807, 2.05) is 12.1 Å². The average molecular weight is 372 g/mol. The molecular weight excluding hydrogens is 344 g/mol. The quantitative estimate of drug-likeness (QED) is 0.820. The molecular formula is C21H28N2O4. The van der Waals surface area contributed by atoms with Gasteiger partial charge in [-0.05, 0) is 56.4 Å². The maximum absolute atomic E-state index is 12.3. The van der Waals surface area contributed by atoms with Crippen LogP contribution in [-0.4, -0.2) is 43.9 Å². The SMILES string of the molecule is COC(=O)C1CCCC2=C(c3ccc(OC)cc3)NOC2(N2CCCC2)C1. The highest BCUT2D eigenvalue weighted by molar-refractivity contribution is 5.74. The van der Waals surface area contributed by atoms with Crippen LogP contribution in [0.4, 0.5) is 0 Å². The van der Waals surface area contributed by atoms with Crippen LogP contribution in [0.25, 0.3) is 5.70 Å². The molecule has 0 amide bonds. The van der Waals surface area contributed by atoms with E-state index >= 15 is 0 Å². The van der Waals surface area contributed by atoms with Crippen molar-refractivity contribution in [2.24, 2.45) is 5.92 Å².